The topological polar surface area (TPSA) is 58.4 Å². The first-order valence-electron chi connectivity index (χ1n) is 8.48. The van der Waals surface area contributed by atoms with Crippen LogP contribution in [0.15, 0.2) is 36.8 Å². The molecule has 146 valence electrons. The summed E-state index contributed by atoms with van der Waals surface area (Å²) in [7, 11) is 0. The summed E-state index contributed by atoms with van der Waals surface area (Å²) in [6.07, 6.45) is -0.640. The van der Waals surface area contributed by atoms with Crippen molar-refractivity contribution in [2.75, 3.05) is 13.1 Å². The zero-order valence-electron chi connectivity index (χ0n) is 14.6. The molecule has 1 aromatic carbocycles. The molecule has 1 amide bonds. The third-order valence-electron chi connectivity index (χ3n) is 4.94. The third kappa shape index (κ3) is 3.82. The van der Waals surface area contributed by atoms with Crippen molar-refractivity contribution in [3.8, 4) is 5.69 Å². The second-order valence-corrected chi connectivity index (χ2v) is 7.24. The van der Waals surface area contributed by atoms with E-state index in [9.17, 15) is 23.1 Å². The van der Waals surface area contributed by atoms with E-state index < -0.39 is 17.7 Å². The number of piperidine rings is 1. The van der Waals surface area contributed by atoms with Crippen LogP contribution in [0.1, 0.15) is 31.4 Å². The SMILES string of the molecule is CC(O)(C(=O)N1CCC(c2cncn2-c2ccc(Cl)cc2)CC1)C(F)(F)F. The molecule has 9 heteroatoms. The number of amides is 1. The van der Waals surface area contributed by atoms with Gasteiger partial charge in [0.15, 0.2) is 0 Å². The van der Waals surface area contributed by atoms with Gasteiger partial charge in [-0.1, -0.05) is 11.6 Å². The molecule has 2 heterocycles. The van der Waals surface area contributed by atoms with Gasteiger partial charge in [-0.15, -0.1) is 0 Å². The molecule has 1 N–H and O–H groups in total. The van der Waals surface area contributed by atoms with Crippen molar-refractivity contribution in [2.45, 2.75) is 37.5 Å². The molecule has 0 aliphatic carbocycles. The maximum absolute atomic E-state index is 12.9. The molecular weight excluding hydrogens is 383 g/mol. The van der Waals surface area contributed by atoms with Crippen LogP contribution >= 0.6 is 11.6 Å². The van der Waals surface area contributed by atoms with E-state index in [1.807, 2.05) is 16.7 Å². The van der Waals surface area contributed by atoms with Gasteiger partial charge in [-0.25, -0.2) is 4.98 Å². The third-order valence-corrected chi connectivity index (χ3v) is 5.19. The average Bonchev–Trinajstić information content (AvgIpc) is 3.10. The second-order valence-electron chi connectivity index (χ2n) is 6.80. The molecule has 0 saturated carbocycles. The van der Waals surface area contributed by atoms with E-state index in [2.05, 4.69) is 4.98 Å². The summed E-state index contributed by atoms with van der Waals surface area (Å²) in [4.78, 5) is 17.4. The quantitative estimate of drug-likeness (QED) is 0.855. The maximum Gasteiger partial charge on any atom is 0.426 e. The Kier molecular flexibility index (Phi) is 5.22. The van der Waals surface area contributed by atoms with Crippen LogP contribution in [0.25, 0.3) is 5.69 Å². The van der Waals surface area contributed by atoms with E-state index in [0.717, 1.165) is 16.3 Å². The Morgan fingerprint density at radius 3 is 2.37 bits per heavy atom. The normalized spacial score (nSPS) is 18.4. The van der Waals surface area contributed by atoms with Crippen molar-refractivity contribution in [2.24, 2.45) is 0 Å². The van der Waals surface area contributed by atoms with Crippen LogP contribution in [0.5, 0.6) is 0 Å². The molecule has 1 unspecified atom stereocenters. The number of benzene rings is 1. The van der Waals surface area contributed by atoms with Gasteiger partial charge < -0.3 is 14.6 Å². The van der Waals surface area contributed by atoms with Crippen molar-refractivity contribution >= 4 is 17.5 Å². The number of aromatic nitrogens is 2. The van der Waals surface area contributed by atoms with Crippen LogP contribution in [0.4, 0.5) is 13.2 Å². The lowest BCUT2D eigenvalue weighted by molar-refractivity contribution is -0.250. The average molecular weight is 402 g/mol. The highest BCUT2D eigenvalue weighted by molar-refractivity contribution is 6.30. The van der Waals surface area contributed by atoms with Crippen LogP contribution < -0.4 is 0 Å². The highest BCUT2D eigenvalue weighted by atomic mass is 35.5. The Morgan fingerprint density at radius 2 is 1.81 bits per heavy atom. The molecule has 3 rings (SSSR count). The molecule has 1 atom stereocenters. The summed E-state index contributed by atoms with van der Waals surface area (Å²) >= 11 is 5.91. The number of alkyl halides is 3. The number of carbonyl (C=O) groups is 1. The van der Waals surface area contributed by atoms with Crippen LogP contribution in [-0.2, 0) is 4.79 Å². The van der Waals surface area contributed by atoms with Gasteiger partial charge >= 0.3 is 6.18 Å². The maximum atomic E-state index is 12.9. The predicted molar refractivity (Wildman–Crippen MR) is 93.8 cm³/mol. The Balaban J connectivity index is 1.71. The highest BCUT2D eigenvalue weighted by Gasteiger charge is 2.57. The second kappa shape index (κ2) is 7.16. The molecule has 0 bridgehead atoms. The number of imidazole rings is 1. The van der Waals surface area contributed by atoms with Crippen LogP contribution in [0.2, 0.25) is 5.02 Å². The van der Waals surface area contributed by atoms with Crippen LogP contribution in [0, 0.1) is 0 Å². The van der Waals surface area contributed by atoms with E-state index in [1.54, 1.807) is 24.7 Å². The lowest BCUT2D eigenvalue weighted by Crippen LogP contribution is -2.57. The van der Waals surface area contributed by atoms with E-state index in [1.165, 1.54) is 0 Å². The fourth-order valence-corrected chi connectivity index (χ4v) is 3.36. The van der Waals surface area contributed by atoms with Crippen LogP contribution in [-0.4, -0.2) is 50.3 Å². The Hall–Kier alpha value is -2.06. The van der Waals surface area contributed by atoms with Gasteiger partial charge in [-0.2, -0.15) is 13.2 Å². The summed E-state index contributed by atoms with van der Waals surface area (Å²) < 4.78 is 40.6. The Labute approximate surface area is 159 Å². The zero-order valence-corrected chi connectivity index (χ0v) is 15.3. The Bertz CT molecular complexity index is 810. The number of halogens is 4. The van der Waals surface area contributed by atoms with Gasteiger partial charge in [-0.05, 0) is 44.0 Å². The zero-order chi connectivity index (χ0) is 19.8. The van der Waals surface area contributed by atoms with Crippen molar-refractivity contribution in [1.29, 1.82) is 0 Å². The first kappa shape index (κ1) is 19.7. The molecule has 2 aromatic rings. The van der Waals surface area contributed by atoms with Gasteiger partial charge in [0.25, 0.3) is 5.91 Å². The summed E-state index contributed by atoms with van der Waals surface area (Å²) in [6.45, 7) is 0.778. The number of rotatable bonds is 3. The summed E-state index contributed by atoms with van der Waals surface area (Å²) in [5, 5.41) is 10.2. The molecule has 1 aliphatic rings. The molecule has 1 fully saturated rings. The molecule has 0 radical (unpaired) electrons. The minimum Gasteiger partial charge on any atom is -0.373 e. The number of likely N-dealkylation sites (tertiary alicyclic amines) is 1. The van der Waals surface area contributed by atoms with Gasteiger partial charge in [0.05, 0.1) is 6.33 Å². The van der Waals surface area contributed by atoms with Gasteiger partial charge in [0.1, 0.15) is 0 Å². The van der Waals surface area contributed by atoms with Crippen molar-refractivity contribution < 1.29 is 23.1 Å². The largest absolute Gasteiger partial charge is 0.426 e. The van der Waals surface area contributed by atoms with Crippen molar-refractivity contribution in [3.05, 3.63) is 47.5 Å². The molecule has 5 nitrogen and oxygen atoms in total. The number of hydrogen-bond donors (Lipinski definition) is 1. The van der Waals surface area contributed by atoms with Gasteiger partial charge in [0, 0.05) is 41.6 Å². The standard InChI is InChI=1S/C18H19ClF3N3O2/c1-17(27,18(20,21)22)16(26)24-8-6-12(7-9-24)15-10-23-11-25(15)14-4-2-13(19)3-5-14/h2-5,10-12,27H,6-9H2,1H3. The first-order valence-corrected chi connectivity index (χ1v) is 8.85. The molecular formula is C18H19ClF3N3O2. The number of aliphatic hydroxyl groups is 1. The van der Waals surface area contributed by atoms with Crippen LogP contribution in [0.3, 0.4) is 0 Å². The first-order chi connectivity index (χ1) is 12.6. The molecule has 1 saturated heterocycles. The summed E-state index contributed by atoms with van der Waals surface area (Å²) in [6, 6.07) is 7.24. The fraction of sp³-hybridized carbons (Fsp3) is 0.444. The molecule has 27 heavy (non-hydrogen) atoms. The van der Waals surface area contributed by atoms with E-state index in [4.69, 9.17) is 11.6 Å². The molecule has 1 aliphatic heterocycles. The minimum atomic E-state index is -5.01. The minimum absolute atomic E-state index is 0.0445. The Morgan fingerprint density at radius 1 is 1.22 bits per heavy atom. The molecule has 0 spiro atoms. The highest BCUT2D eigenvalue weighted by Crippen LogP contribution is 2.35. The summed E-state index contributed by atoms with van der Waals surface area (Å²) in [5.74, 6) is -1.26. The van der Waals surface area contributed by atoms with E-state index >= 15 is 0 Å². The monoisotopic (exact) mass is 401 g/mol. The van der Waals surface area contributed by atoms with Gasteiger partial charge in [0.2, 0.25) is 5.60 Å². The van der Waals surface area contributed by atoms with Crippen molar-refractivity contribution in [1.82, 2.24) is 14.5 Å². The summed E-state index contributed by atoms with van der Waals surface area (Å²) in [5.41, 5.74) is -1.57. The van der Waals surface area contributed by atoms with Gasteiger partial charge in [-0.3, -0.25) is 4.79 Å². The van der Waals surface area contributed by atoms with Crippen molar-refractivity contribution in [3.63, 3.8) is 0 Å². The molecule has 1 aromatic heterocycles. The number of carbonyl (C=O) groups excluding carboxylic acids is 1. The lowest BCUT2D eigenvalue weighted by atomic mass is 9.92. The van der Waals surface area contributed by atoms with E-state index in [-0.39, 0.29) is 19.0 Å². The number of nitrogens with zero attached hydrogens (tertiary/aromatic N) is 3. The lowest BCUT2D eigenvalue weighted by Gasteiger charge is -2.36. The smallest absolute Gasteiger partial charge is 0.373 e. The number of hydrogen-bond acceptors (Lipinski definition) is 3. The van der Waals surface area contributed by atoms with E-state index in [0.29, 0.717) is 24.8 Å². The fourth-order valence-electron chi connectivity index (χ4n) is 3.23. The predicted octanol–water partition coefficient (Wildman–Crippen LogP) is 3.55.